The van der Waals surface area contributed by atoms with Crippen molar-refractivity contribution in [3.05, 3.63) is 12.7 Å². The van der Waals surface area contributed by atoms with E-state index in [0.717, 1.165) is 25.7 Å². The van der Waals surface area contributed by atoms with Crippen molar-refractivity contribution < 1.29 is 42.1 Å². The molecule has 0 saturated heterocycles. The lowest BCUT2D eigenvalue weighted by Gasteiger charge is -2.18. The molecule has 0 aromatic heterocycles. The largest absolute Gasteiger partial charge is 0.510 e. The van der Waals surface area contributed by atoms with Crippen LogP contribution in [0.15, 0.2) is 12.7 Å². The Morgan fingerprint density at radius 2 is 1.37 bits per heavy atom. The van der Waals surface area contributed by atoms with Crippen LogP contribution in [-0.2, 0) is 32.6 Å². The first-order valence-corrected chi connectivity index (χ1v) is 10.7. The van der Waals surface area contributed by atoms with E-state index >= 15 is 0 Å². The predicted octanol–water partition coefficient (Wildman–Crippen LogP) is 3.83. The molecule has 3 aliphatic carbocycles. The van der Waals surface area contributed by atoms with Crippen LogP contribution in [0.25, 0.3) is 0 Å². The van der Waals surface area contributed by atoms with Gasteiger partial charge in [-0.2, -0.15) is 0 Å². The first-order valence-electron chi connectivity index (χ1n) is 9.10. The van der Waals surface area contributed by atoms with Gasteiger partial charge in [0.1, 0.15) is 0 Å². The van der Waals surface area contributed by atoms with Crippen LogP contribution in [0.5, 0.6) is 0 Å². The minimum Gasteiger partial charge on any atom is -0.434 e. The summed E-state index contributed by atoms with van der Waals surface area (Å²) in [5, 5.41) is 0. The summed E-state index contributed by atoms with van der Waals surface area (Å²) in [5.41, 5.74) is -0.410. The molecule has 3 fully saturated rings. The number of carbonyl (C=O) groups excluding carboxylic acids is 2. The first kappa shape index (κ1) is 20.2. The average molecular weight is 404 g/mol. The Morgan fingerprint density at radius 3 is 1.74 bits per heavy atom. The quantitative estimate of drug-likeness (QED) is 0.208. The van der Waals surface area contributed by atoms with Crippen LogP contribution in [-0.4, -0.2) is 44.8 Å². The summed E-state index contributed by atoms with van der Waals surface area (Å²) in [5.74, 6) is 0.786. The molecule has 0 amide bonds. The van der Waals surface area contributed by atoms with Crippen molar-refractivity contribution in [3.8, 4) is 0 Å². The number of hydrogen-bond donors (Lipinski definition) is 0. The van der Waals surface area contributed by atoms with Crippen LogP contribution in [0, 0.1) is 17.8 Å². The molecule has 0 aliphatic heterocycles. The van der Waals surface area contributed by atoms with Crippen molar-refractivity contribution in [2.24, 2.45) is 17.8 Å². The smallest absolute Gasteiger partial charge is 0.434 e. The SMILES string of the molecule is C=C[C@@H]1C[C@@H]1P(=O)(OCOC(=O)OCC1CC1)OCOC(=O)OCC1CC1. The van der Waals surface area contributed by atoms with E-state index in [1.165, 1.54) is 0 Å². The zero-order valence-electron chi connectivity index (χ0n) is 15.1. The number of rotatable bonds is 12. The molecule has 9 nitrogen and oxygen atoms in total. The summed E-state index contributed by atoms with van der Waals surface area (Å²) in [6.45, 7) is 3.12. The maximum absolute atomic E-state index is 12.9. The van der Waals surface area contributed by atoms with Crippen molar-refractivity contribution in [1.82, 2.24) is 0 Å². The molecule has 3 aliphatic rings. The molecule has 10 heteroatoms. The summed E-state index contributed by atoms with van der Waals surface area (Å²) in [6, 6.07) is 0. The van der Waals surface area contributed by atoms with E-state index in [1.807, 2.05) is 0 Å². The van der Waals surface area contributed by atoms with Crippen LogP contribution < -0.4 is 0 Å². The van der Waals surface area contributed by atoms with Gasteiger partial charge in [0.15, 0.2) is 0 Å². The van der Waals surface area contributed by atoms with Gasteiger partial charge >= 0.3 is 19.9 Å². The van der Waals surface area contributed by atoms with Gasteiger partial charge in [0.2, 0.25) is 13.6 Å². The molecule has 0 heterocycles. The van der Waals surface area contributed by atoms with Crippen molar-refractivity contribution in [3.63, 3.8) is 0 Å². The summed E-state index contributed by atoms with van der Waals surface area (Å²) < 4.78 is 42.6. The minimum atomic E-state index is -3.65. The van der Waals surface area contributed by atoms with Crippen molar-refractivity contribution >= 4 is 19.9 Å². The molecular formula is C17H25O9P. The van der Waals surface area contributed by atoms with Crippen LogP contribution in [0.1, 0.15) is 32.1 Å². The number of allylic oxidation sites excluding steroid dienone is 1. The molecular weight excluding hydrogens is 379 g/mol. The summed E-state index contributed by atoms with van der Waals surface area (Å²) in [6.07, 6.45) is 4.62. The lowest BCUT2D eigenvalue weighted by atomic mass is 10.4. The molecule has 0 N–H and O–H groups in total. The second kappa shape index (κ2) is 9.08. The lowest BCUT2D eigenvalue weighted by molar-refractivity contribution is -0.0227. The Balaban J connectivity index is 1.37. The van der Waals surface area contributed by atoms with E-state index in [-0.39, 0.29) is 5.92 Å². The molecule has 3 saturated carbocycles. The number of ether oxygens (including phenoxy) is 4. The van der Waals surface area contributed by atoms with Crippen molar-refractivity contribution in [2.45, 2.75) is 37.8 Å². The zero-order valence-corrected chi connectivity index (χ0v) is 16.0. The first-order chi connectivity index (χ1) is 13.0. The topological polar surface area (TPSA) is 107 Å². The molecule has 0 aromatic rings. The Bertz CT molecular complexity index is 561. The highest BCUT2D eigenvalue weighted by molar-refractivity contribution is 7.55. The fourth-order valence-corrected chi connectivity index (χ4v) is 4.32. The monoisotopic (exact) mass is 404 g/mol. The highest BCUT2D eigenvalue weighted by Crippen LogP contribution is 2.65. The third-order valence-electron chi connectivity index (χ3n) is 4.60. The fraction of sp³-hybridized carbons (Fsp3) is 0.765. The average Bonchev–Trinajstić information content (AvgIpc) is 3.50. The Morgan fingerprint density at radius 1 is 0.889 bits per heavy atom. The molecule has 3 rings (SSSR count). The van der Waals surface area contributed by atoms with E-state index in [2.05, 4.69) is 6.58 Å². The van der Waals surface area contributed by atoms with Crippen molar-refractivity contribution in [2.75, 3.05) is 26.8 Å². The molecule has 27 heavy (non-hydrogen) atoms. The minimum absolute atomic E-state index is 0.0283. The van der Waals surface area contributed by atoms with Crippen LogP contribution in [0.2, 0.25) is 0 Å². The zero-order chi connectivity index (χ0) is 19.3. The summed E-state index contributed by atoms with van der Waals surface area (Å²) in [4.78, 5) is 22.9. The van der Waals surface area contributed by atoms with E-state index in [4.69, 9.17) is 28.0 Å². The van der Waals surface area contributed by atoms with Crippen LogP contribution in [0.3, 0.4) is 0 Å². The Kier molecular flexibility index (Phi) is 6.78. The number of hydrogen-bond acceptors (Lipinski definition) is 9. The lowest BCUT2D eigenvalue weighted by Crippen LogP contribution is -2.15. The molecule has 0 radical (unpaired) electrons. The molecule has 0 spiro atoms. The molecule has 2 atom stereocenters. The Labute approximate surface area is 157 Å². The third-order valence-corrected chi connectivity index (χ3v) is 6.94. The normalized spacial score (nSPS) is 24.0. The van der Waals surface area contributed by atoms with Gasteiger partial charge in [-0.1, -0.05) is 6.08 Å². The maximum atomic E-state index is 12.9. The second-order valence-electron chi connectivity index (χ2n) is 7.03. The van der Waals surface area contributed by atoms with Gasteiger partial charge < -0.3 is 18.9 Å². The standard InChI is InChI=1S/C17H25O9P/c1-2-14-7-15(14)27(20,25-10-23-16(18)21-8-12-3-4-12)26-11-24-17(19)22-9-13-5-6-13/h2,12-15H,1,3-11H2/t14-,15+/m1/s1. The third kappa shape index (κ3) is 6.83. The molecule has 0 bridgehead atoms. The van der Waals surface area contributed by atoms with Gasteiger partial charge in [-0.05, 0) is 49.9 Å². The van der Waals surface area contributed by atoms with Gasteiger partial charge in [-0.15, -0.1) is 6.58 Å². The highest BCUT2D eigenvalue weighted by atomic mass is 31.2. The maximum Gasteiger partial charge on any atom is 0.510 e. The summed E-state index contributed by atoms with van der Waals surface area (Å²) >= 11 is 0. The fourth-order valence-electron chi connectivity index (χ4n) is 2.37. The van der Waals surface area contributed by atoms with Crippen molar-refractivity contribution in [1.29, 1.82) is 0 Å². The van der Waals surface area contributed by atoms with E-state index in [1.54, 1.807) is 6.08 Å². The van der Waals surface area contributed by atoms with Gasteiger partial charge in [-0.25, -0.2) is 9.59 Å². The molecule has 152 valence electrons. The van der Waals surface area contributed by atoms with E-state index in [0.29, 0.717) is 31.5 Å². The van der Waals surface area contributed by atoms with Gasteiger partial charge in [0.05, 0.1) is 18.9 Å². The number of carbonyl (C=O) groups is 2. The highest BCUT2D eigenvalue weighted by Gasteiger charge is 2.52. The molecule has 0 unspecified atom stereocenters. The van der Waals surface area contributed by atoms with Crippen LogP contribution in [0.4, 0.5) is 9.59 Å². The Hall–Kier alpha value is -1.57. The van der Waals surface area contributed by atoms with Crippen LogP contribution >= 0.6 is 7.60 Å². The predicted molar refractivity (Wildman–Crippen MR) is 91.9 cm³/mol. The second-order valence-corrected chi connectivity index (χ2v) is 9.29. The summed E-state index contributed by atoms with van der Waals surface area (Å²) in [7, 11) is -3.65. The van der Waals surface area contributed by atoms with E-state index < -0.39 is 39.2 Å². The van der Waals surface area contributed by atoms with Gasteiger partial charge in [-0.3, -0.25) is 13.6 Å². The molecule has 0 aromatic carbocycles. The van der Waals surface area contributed by atoms with Gasteiger partial charge in [0.25, 0.3) is 0 Å². The van der Waals surface area contributed by atoms with Gasteiger partial charge in [0, 0.05) is 0 Å². The van der Waals surface area contributed by atoms with E-state index in [9.17, 15) is 14.2 Å².